The molecule has 0 N–H and O–H groups in total. The maximum absolute atomic E-state index is 10.9. The average molecular weight is 178 g/mol. The van der Waals surface area contributed by atoms with Crippen LogP contribution in [0.3, 0.4) is 0 Å². The smallest absolute Gasteiger partial charge is 0.302 e. The van der Waals surface area contributed by atoms with Crippen LogP contribution in [0.4, 0.5) is 0 Å². The number of carbonyl (C=O) groups excluding carboxylic acids is 1. The van der Waals surface area contributed by atoms with Gasteiger partial charge in [-0.15, -0.1) is 0 Å². The largest absolute Gasteiger partial charge is 0.462 e. The molecule has 5 unspecified atom stereocenters. The zero-order chi connectivity index (χ0) is 9.22. The molecule has 4 rings (SSSR count). The lowest BCUT2D eigenvalue weighted by Gasteiger charge is -2.41. The summed E-state index contributed by atoms with van der Waals surface area (Å²) < 4.78 is 5.37. The summed E-state index contributed by atoms with van der Waals surface area (Å²) in [7, 11) is 0. The van der Waals surface area contributed by atoms with Gasteiger partial charge in [-0.2, -0.15) is 0 Å². The van der Waals surface area contributed by atoms with Crippen LogP contribution in [0.15, 0.2) is 12.2 Å². The first-order valence-electron chi connectivity index (χ1n) is 4.98. The minimum atomic E-state index is -0.125. The Kier molecular flexibility index (Phi) is 1.17. The molecule has 0 aromatic rings. The highest BCUT2D eigenvalue weighted by Crippen LogP contribution is 2.70. The number of allylic oxidation sites excluding steroid dienone is 1. The minimum Gasteiger partial charge on any atom is -0.462 e. The molecule has 2 nitrogen and oxygen atoms in total. The highest BCUT2D eigenvalue weighted by Gasteiger charge is 2.69. The molecular weight excluding hydrogens is 164 g/mol. The third-order valence-corrected chi connectivity index (χ3v) is 4.26. The highest BCUT2D eigenvalue weighted by molar-refractivity contribution is 5.66. The molecule has 4 aliphatic carbocycles. The van der Waals surface area contributed by atoms with Crippen LogP contribution in [0, 0.1) is 23.2 Å². The Balaban J connectivity index is 1.88. The SMILES string of the molecule is CC(=O)OC1C2CC3(C)C2C=CC13. The van der Waals surface area contributed by atoms with Crippen molar-refractivity contribution in [2.45, 2.75) is 26.4 Å². The molecule has 0 radical (unpaired) electrons. The molecule has 0 aromatic heterocycles. The summed E-state index contributed by atoms with van der Waals surface area (Å²) in [6, 6.07) is 0. The Morgan fingerprint density at radius 1 is 1.46 bits per heavy atom. The summed E-state index contributed by atoms with van der Waals surface area (Å²) in [5, 5.41) is 0. The quantitative estimate of drug-likeness (QED) is 0.452. The van der Waals surface area contributed by atoms with Gasteiger partial charge in [-0.05, 0) is 17.8 Å². The van der Waals surface area contributed by atoms with Crippen molar-refractivity contribution >= 4 is 5.97 Å². The van der Waals surface area contributed by atoms with Crippen LogP contribution in [0.25, 0.3) is 0 Å². The maximum Gasteiger partial charge on any atom is 0.302 e. The summed E-state index contributed by atoms with van der Waals surface area (Å²) >= 11 is 0. The van der Waals surface area contributed by atoms with Crippen LogP contribution in [0.2, 0.25) is 0 Å². The lowest BCUT2D eigenvalue weighted by atomic mass is 9.62. The lowest BCUT2D eigenvalue weighted by Crippen LogP contribution is -2.37. The fraction of sp³-hybridized carbons (Fsp3) is 0.727. The molecule has 0 heterocycles. The number of hydrogen-bond donors (Lipinski definition) is 0. The molecule has 13 heavy (non-hydrogen) atoms. The predicted molar refractivity (Wildman–Crippen MR) is 47.9 cm³/mol. The van der Waals surface area contributed by atoms with E-state index in [1.165, 1.54) is 13.3 Å². The fourth-order valence-electron chi connectivity index (χ4n) is 3.70. The van der Waals surface area contributed by atoms with Gasteiger partial charge >= 0.3 is 5.97 Å². The van der Waals surface area contributed by atoms with Crippen molar-refractivity contribution in [2.75, 3.05) is 0 Å². The van der Waals surface area contributed by atoms with Crippen molar-refractivity contribution in [3.8, 4) is 0 Å². The Morgan fingerprint density at radius 3 is 2.69 bits per heavy atom. The molecule has 70 valence electrons. The van der Waals surface area contributed by atoms with Crippen LogP contribution >= 0.6 is 0 Å². The van der Waals surface area contributed by atoms with Crippen LogP contribution in [-0.2, 0) is 9.53 Å². The van der Waals surface area contributed by atoms with Crippen molar-refractivity contribution in [3.63, 3.8) is 0 Å². The second kappa shape index (κ2) is 1.99. The topological polar surface area (TPSA) is 26.3 Å². The van der Waals surface area contributed by atoms with Gasteiger partial charge in [0.25, 0.3) is 0 Å². The van der Waals surface area contributed by atoms with Gasteiger partial charge in [-0.3, -0.25) is 4.79 Å². The number of ether oxygens (including phenoxy) is 1. The molecule has 0 aliphatic heterocycles. The van der Waals surface area contributed by atoms with E-state index in [0.717, 1.165) is 0 Å². The first-order chi connectivity index (χ1) is 6.13. The van der Waals surface area contributed by atoms with Crippen molar-refractivity contribution in [2.24, 2.45) is 23.2 Å². The first-order valence-corrected chi connectivity index (χ1v) is 4.98. The zero-order valence-corrected chi connectivity index (χ0v) is 7.99. The zero-order valence-electron chi connectivity index (χ0n) is 7.99. The van der Waals surface area contributed by atoms with E-state index >= 15 is 0 Å². The Morgan fingerprint density at radius 2 is 2.15 bits per heavy atom. The molecular formula is C11H14O2. The molecule has 3 saturated carbocycles. The fourth-order valence-corrected chi connectivity index (χ4v) is 3.70. The van der Waals surface area contributed by atoms with Crippen LogP contribution in [0.1, 0.15) is 20.3 Å². The van der Waals surface area contributed by atoms with E-state index in [0.29, 0.717) is 23.2 Å². The summed E-state index contributed by atoms with van der Waals surface area (Å²) in [5.74, 6) is 1.71. The molecule has 4 aliphatic rings. The molecule has 2 heteroatoms. The third-order valence-electron chi connectivity index (χ3n) is 4.26. The van der Waals surface area contributed by atoms with Gasteiger partial charge in [-0.25, -0.2) is 0 Å². The summed E-state index contributed by atoms with van der Waals surface area (Å²) in [4.78, 5) is 10.9. The van der Waals surface area contributed by atoms with Gasteiger partial charge in [0.05, 0.1) is 0 Å². The van der Waals surface area contributed by atoms with Crippen LogP contribution < -0.4 is 0 Å². The second-order valence-corrected chi connectivity index (χ2v) is 4.88. The van der Waals surface area contributed by atoms with E-state index in [9.17, 15) is 4.79 Å². The summed E-state index contributed by atoms with van der Waals surface area (Å²) in [6.45, 7) is 3.83. The minimum absolute atomic E-state index is 0.125. The highest BCUT2D eigenvalue weighted by atomic mass is 16.5. The standard InChI is InChI=1S/C11H14O2/c1-6(12)13-10-7-5-11(2)8(7)3-4-9(10)11/h3-4,7-10H,5H2,1-2H3. The van der Waals surface area contributed by atoms with Crippen LogP contribution in [0.5, 0.6) is 0 Å². The molecule has 0 amide bonds. The molecule has 0 spiro atoms. The molecule has 0 aromatic carbocycles. The summed E-state index contributed by atoms with van der Waals surface area (Å²) in [6.07, 6.45) is 6.01. The summed E-state index contributed by atoms with van der Waals surface area (Å²) in [5.41, 5.74) is 0.435. The average Bonchev–Trinajstić information content (AvgIpc) is 2.46. The van der Waals surface area contributed by atoms with E-state index in [1.807, 2.05) is 0 Å². The van der Waals surface area contributed by atoms with E-state index in [1.54, 1.807) is 0 Å². The Hall–Kier alpha value is -0.790. The molecule has 0 saturated heterocycles. The normalized spacial score (nSPS) is 54.9. The maximum atomic E-state index is 10.9. The van der Waals surface area contributed by atoms with Gasteiger partial charge < -0.3 is 4.74 Å². The number of esters is 1. The number of rotatable bonds is 1. The van der Waals surface area contributed by atoms with E-state index < -0.39 is 0 Å². The number of carbonyl (C=O) groups is 1. The van der Waals surface area contributed by atoms with Gasteiger partial charge in [-0.1, -0.05) is 19.1 Å². The van der Waals surface area contributed by atoms with Crippen LogP contribution in [-0.4, -0.2) is 12.1 Å². The monoisotopic (exact) mass is 178 g/mol. The first kappa shape index (κ1) is 7.60. The van der Waals surface area contributed by atoms with Crippen molar-refractivity contribution in [3.05, 3.63) is 12.2 Å². The predicted octanol–water partition coefficient (Wildman–Crippen LogP) is 1.76. The number of hydrogen-bond acceptors (Lipinski definition) is 2. The van der Waals surface area contributed by atoms with Gasteiger partial charge in [0, 0.05) is 18.8 Å². The van der Waals surface area contributed by atoms with Crippen molar-refractivity contribution < 1.29 is 9.53 Å². The van der Waals surface area contributed by atoms with Gasteiger partial charge in [0.15, 0.2) is 0 Å². The van der Waals surface area contributed by atoms with Crippen molar-refractivity contribution in [1.82, 2.24) is 0 Å². The van der Waals surface area contributed by atoms with E-state index in [-0.39, 0.29) is 12.1 Å². The molecule has 5 atom stereocenters. The van der Waals surface area contributed by atoms with Crippen molar-refractivity contribution in [1.29, 1.82) is 0 Å². The third kappa shape index (κ3) is 0.687. The van der Waals surface area contributed by atoms with Gasteiger partial charge in [0.2, 0.25) is 0 Å². The van der Waals surface area contributed by atoms with Gasteiger partial charge in [0.1, 0.15) is 6.10 Å². The molecule has 3 fully saturated rings. The second-order valence-electron chi connectivity index (χ2n) is 4.88. The van der Waals surface area contributed by atoms with E-state index in [2.05, 4.69) is 19.1 Å². The Labute approximate surface area is 78.0 Å². The molecule has 4 bridgehead atoms. The van der Waals surface area contributed by atoms with E-state index in [4.69, 9.17) is 4.74 Å². The Bertz CT molecular complexity index is 307. The lowest BCUT2D eigenvalue weighted by molar-refractivity contribution is -0.149.